The summed E-state index contributed by atoms with van der Waals surface area (Å²) < 4.78 is 35.0. The van der Waals surface area contributed by atoms with Gasteiger partial charge in [-0.15, -0.1) is 0 Å². The summed E-state index contributed by atoms with van der Waals surface area (Å²) in [5.41, 5.74) is 7.55. The van der Waals surface area contributed by atoms with Crippen LogP contribution in [0.5, 0.6) is 5.75 Å². The highest BCUT2D eigenvalue weighted by Gasteiger charge is 2.04. The van der Waals surface area contributed by atoms with Gasteiger partial charge in [0.15, 0.2) is 0 Å². The molecule has 0 aliphatic rings. The maximum Gasteiger partial charge on any atom is 0.264 e. The Balaban J connectivity index is 2.36. The Hall–Kier alpha value is -1.27. The van der Waals surface area contributed by atoms with Gasteiger partial charge in [-0.1, -0.05) is 6.92 Å². The number of nitrogens with two attached hydrogens (primary N) is 1. The van der Waals surface area contributed by atoms with Crippen molar-refractivity contribution in [2.24, 2.45) is 0 Å². The van der Waals surface area contributed by atoms with Gasteiger partial charge in [0, 0.05) is 5.69 Å². The highest BCUT2D eigenvalue weighted by atomic mass is 32.2. The number of unbranched alkanes of at least 4 members (excludes halogenated alkanes) is 1. The molecule has 0 saturated heterocycles. The van der Waals surface area contributed by atoms with E-state index in [0.717, 1.165) is 23.4 Å². The molecule has 18 heavy (non-hydrogen) atoms. The van der Waals surface area contributed by atoms with Crippen molar-refractivity contribution < 1.29 is 17.7 Å². The van der Waals surface area contributed by atoms with Crippen LogP contribution in [0.3, 0.4) is 0 Å². The van der Waals surface area contributed by atoms with E-state index in [9.17, 15) is 8.42 Å². The summed E-state index contributed by atoms with van der Waals surface area (Å²) in [5.74, 6) is 0.506. The summed E-state index contributed by atoms with van der Waals surface area (Å²) in [6.07, 6.45) is 1.80. The third kappa shape index (κ3) is 5.37. The van der Waals surface area contributed by atoms with E-state index in [1.54, 1.807) is 12.1 Å². The summed E-state index contributed by atoms with van der Waals surface area (Å²) >= 11 is 0. The van der Waals surface area contributed by atoms with Crippen LogP contribution in [0.25, 0.3) is 0 Å². The predicted octanol–water partition coefficient (Wildman–Crippen LogP) is 1.88. The van der Waals surface area contributed by atoms with Gasteiger partial charge in [-0.25, -0.2) is 0 Å². The predicted molar refractivity (Wildman–Crippen MR) is 71.4 cm³/mol. The second-order valence-corrected chi connectivity index (χ2v) is 5.63. The number of rotatable bonds is 7. The second kappa shape index (κ2) is 6.61. The van der Waals surface area contributed by atoms with E-state index >= 15 is 0 Å². The summed E-state index contributed by atoms with van der Waals surface area (Å²) in [6, 6.07) is 5.47. The second-order valence-electron chi connectivity index (χ2n) is 4.06. The maximum atomic E-state index is 10.5. The molecule has 3 N–H and O–H groups in total. The SMILES string of the molecule is CCc1cc(OCCCCS(=O)(=O)O)ccc1N. The average Bonchev–Trinajstić information content (AvgIpc) is 2.29. The fourth-order valence-corrected chi connectivity index (χ4v) is 2.12. The van der Waals surface area contributed by atoms with Crippen molar-refractivity contribution in [2.45, 2.75) is 26.2 Å². The number of hydrogen-bond donors (Lipinski definition) is 2. The minimum atomic E-state index is -3.86. The number of benzene rings is 1. The van der Waals surface area contributed by atoms with Crippen LogP contribution in [0.1, 0.15) is 25.3 Å². The van der Waals surface area contributed by atoms with Gasteiger partial charge in [0.05, 0.1) is 12.4 Å². The van der Waals surface area contributed by atoms with Gasteiger partial charge in [0.25, 0.3) is 10.1 Å². The van der Waals surface area contributed by atoms with Crippen molar-refractivity contribution in [3.8, 4) is 5.75 Å². The van der Waals surface area contributed by atoms with Crippen LogP contribution in [0, 0.1) is 0 Å². The molecule has 0 aliphatic heterocycles. The van der Waals surface area contributed by atoms with Gasteiger partial charge < -0.3 is 10.5 Å². The van der Waals surface area contributed by atoms with Gasteiger partial charge >= 0.3 is 0 Å². The number of hydrogen-bond acceptors (Lipinski definition) is 4. The fourth-order valence-electron chi connectivity index (χ4n) is 1.55. The smallest absolute Gasteiger partial charge is 0.264 e. The van der Waals surface area contributed by atoms with Crippen molar-refractivity contribution >= 4 is 15.8 Å². The molecule has 0 aromatic heterocycles. The molecule has 0 fully saturated rings. The Bertz CT molecular complexity index is 485. The number of ether oxygens (including phenoxy) is 1. The van der Waals surface area contributed by atoms with E-state index < -0.39 is 10.1 Å². The molecule has 0 amide bonds. The topological polar surface area (TPSA) is 89.6 Å². The lowest BCUT2D eigenvalue weighted by Gasteiger charge is -2.09. The van der Waals surface area contributed by atoms with Gasteiger partial charge in [0.2, 0.25) is 0 Å². The molecule has 0 bridgehead atoms. The van der Waals surface area contributed by atoms with E-state index in [0.29, 0.717) is 19.4 Å². The van der Waals surface area contributed by atoms with Crippen LogP contribution in [0.15, 0.2) is 18.2 Å². The molecule has 0 aliphatic carbocycles. The van der Waals surface area contributed by atoms with Crippen LogP contribution in [0.4, 0.5) is 5.69 Å². The van der Waals surface area contributed by atoms with E-state index in [1.165, 1.54) is 0 Å². The van der Waals surface area contributed by atoms with E-state index in [4.69, 9.17) is 15.0 Å². The van der Waals surface area contributed by atoms with Crippen LogP contribution in [-0.2, 0) is 16.5 Å². The van der Waals surface area contributed by atoms with Crippen LogP contribution >= 0.6 is 0 Å². The average molecular weight is 273 g/mol. The molecule has 0 radical (unpaired) electrons. The lowest BCUT2D eigenvalue weighted by molar-refractivity contribution is 0.309. The Morgan fingerprint density at radius 3 is 2.67 bits per heavy atom. The van der Waals surface area contributed by atoms with E-state index in [2.05, 4.69) is 0 Å². The van der Waals surface area contributed by atoms with E-state index in [1.807, 2.05) is 13.0 Å². The quantitative estimate of drug-likeness (QED) is 0.450. The normalized spacial score (nSPS) is 11.4. The Morgan fingerprint density at radius 2 is 2.06 bits per heavy atom. The lowest BCUT2D eigenvalue weighted by atomic mass is 10.1. The van der Waals surface area contributed by atoms with Crippen molar-refractivity contribution in [2.75, 3.05) is 18.1 Å². The first-order valence-electron chi connectivity index (χ1n) is 5.88. The fraction of sp³-hybridized carbons (Fsp3) is 0.500. The van der Waals surface area contributed by atoms with Crippen molar-refractivity contribution in [3.05, 3.63) is 23.8 Å². The molecule has 0 saturated carbocycles. The molecular weight excluding hydrogens is 254 g/mol. The van der Waals surface area contributed by atoms with Gasteiger partial charge in [-0.2, -0.15) is 8.42 Å². The standard InChI is InChI=1S/C12H19NO4S/c1-2-10-9-11(5-6-12(10)13)17-7-3-4-8-18(14,15)16/h5-6,9H,2-4,7-8,13H2,1H3,(H,14,15,16). The van der Waals surface area contributed by atoms with Crippen molar-refractivity contribution in [1.29, 1.82) is 0 Å². The third-order valence-corrected chi connectivity index (χ3v) is 3.37. The lowest BCUT2D eigenvalue weighted by Crippen LogP contribution is -2.06. The molecule has 0 unspecified atom stereocenters. The molecule has 6 heteroatoms. The number of nitrogen functional groups attached to an aromatic ring is 1. The number of aryl methyl sites for hydroxylation is 1. The first-order chi connectivity index (χ1) is 8.42. The molecule has 5 nitrogen and oxygen atoms in total. The molecule has 102 valence electrons. The zero-order chi connectivity index (χ0) is 13.6. The molecule has 1 aromatic rings. The zero-order valence-electron chi connectivity index (χ0n) is 10.4. The monoisotopic (exact) mass is 273 g/mol. The first-order valence-corrected chi connectivity index (χ1v) is 7.49. The molecule has 1 rings (SSSR count). The highest BCUT2D eigenvalue weighted by Crippen LogP contribution is 2.20. The summed E-state index contributed by atoms with van der Waals surface area (Å²) in [5, 5.41) is 0. The Morgan fingerprint density at radius 1 is 1.33 bits per heavy atom. The summed E-state index contributed by atoms with van der Waals surface area (Å²) in [7, 11) is -3.86. The van der Waals surface area contributed by atoms with Crippen LogP contribution < -0.4 is 10.5 Å². The summed E-state index contributed by atoms with van der Waals surface area (Å²) in [4.78, 5) is 0. The van der Waals surface area contributed by atoms with Crippen molar-refractivity contribution in [1.82, 2.24) is 0 Å². The zero-order valence-corrected chi connectivity index (χ0v) is 11.2. The van der Waals surface area contributed by atoms with Crippen LogP contribution in [-0.4, -0.2) is 25.3 Å². The molecule has 1 aromatic carbocycles. The highest BCUT2D eigenvalue weighted by molar-refractivity contribution is 7.85. The third-order valence-electron chi connectivity index (χ3n) is 2.56. The van der Waals surface area contributed by atoms with Gasteiger partial charge in [-0.05, 0) is 43.0 Å². The minimum Gasteiger partial charge on any atom is -0.494 e. The minimum absolute atomic E-state index is 0.224. The molecular formula is C12H19NO4S. The maximum absolute atomic E-state index is 10.5. The summed E-state index contributed by atoms with van der Waals surface area (Å²) in [6.45, 7) is 2.43. The number of anilines is 1. The molecule has 0 atom stereocenters. The van der Waals surface area contributed by atoms with Gasteiger partial charge in [-0.3, -0.25) is 4.55 Å². The Labute approximate surface area is 108 Å². The van der Waals surface area contributed by atoms with Crippen molar-refractivity contribution in [3.63, 3.8) is 0 Å². The van der Waals surface area contributed by atoms with E-state index in [-0.39, 0.29) is 5.75 Å². The van der Waals surface area contributed by atoms with Gasteiger partial charge in [0.1, 0.15) is 5.75 Å². The molecule has 0 heterocycles. The largest absolute Gasteiger partial charge is 0.494 e. The Kier molecular flexibility index (Phi) is 5.43. The van der Waals surface area contributed by atoms with Crippen LogP contribution in [0.2, 0.25) is 0 Å². The first kappa shape index (κ1) is 14.8. The molecule has 0 spiro atoms.